The molecule has 0 bridgehead atoms. The fraction of sp³-hybridized carbons (Fsp3) is 0.391. The fourth-order valence-electron chi connectivity index (χ4n) is 4.11. The lowest BCUT2D eigenvalue weighted by Gasteiger charge is -2.26. The highest BCUT2D eigenvalue weighted by Gasteiger charge is 2.30. The standard InChI is InChI=1S/C23H26FN3O4S/c24-20-10-9-18(15-21(20)32(30,31)27-12-3-4-13-27)23(29)25-19-7-5-6-17(14-19)16-26-11-2-1-8-22(26)28/h5-7,9-10,14-15H,1-4,8,11-13,16H2,(H,25,29). The Balaban J connectivity index is 1.50. The van der Waals surface area contributed by atoms with Crippen LogP contribution in [-0.4, -0.2) is 49.1 Å². The van der Waals surface area contributed by atoms with Gasteiger partial charge in [-0.3, -0.25) is 9.59 Å². The third-order valence-electron chi connectivity index (χ3n) is 5.86. The van der Waals surface area contributed by atoms with Crippen molar-refractivity contribution in [3.63, 3.8) is 0 Å². The van der Waals surface area contributed by atoms with Crippen LogP contribution in [0.2, 0.25) is 0 Å². The van der Waals surface area contributed by atoms with Crippen LogP contribution >= 0.6 is 0 Å². The first-order valence-electron chi connectivity index (χ1n) is 10.8. The van der Waals surface area contributed by atoms with E-state index in [9.17, 15) is 22.4 Å². The third kappa shape index (κ3) is 4.83. The van der Waals surface area contributed by atoms with Crippen molar-refractivity contribution < 1.29 is 22.4 Å². The molecule has 0 aromatic heterocycles. The smallest absolute Gasteiger partial charge is 0.255 e. The van der Waals surface area contributed by atoms with E-state index in [-0.39, 0.29) is 11.5 Å². The Morgan fingerprint density at radius 3 is 2.50 bits per heavy atom. The van der Waals surface area contributed by atoms with Crippen LogP contribution in [0.15, 0.2) is 47.4 Å². The summed E-state index contributed by atoms with van der Waals surface area (Å²) in [5, 5.41) is 2.74. The van der Waals surface area contributed by atoms with Gasteiger partial charge in [-0.05, 0) is 61.6 Å². The van der Waals surface area contributed by atoms with E-state index >= 15 is 0 Å². The highest BCUT2D eigenvalue weighted by Crippen LogP contribution is 2.25. The number of rotatable bonds is 6. The maximum Gasteiger partial charge on any atom is 0.255 e. The minimum Gasteiger partial charge on any atom is -0.338 e. The summed E-state index contributed by atoms with van der Waals surface area (Å²) in [6.45, 7) is 1.89. The Morgan fingerprint density at radius 1 is 1.00 bits per heavy atom. The highest BCUT2D eigenvalue weighted by atomic mass is 32.2. The number of carbonyl (C=O) groups is 2. The van der Waals surface area contributed by atoms with Gasteiger partial charge in [-0.15, -0.1) is 0 Å². The first-order chi connectivity index (χ1) is 15.3. The largest absolute Gasteiger partial charge is 0.338 e. The van der Waals surface area contributed by atoms with Crippen LogP contribution in [0.5, 0.6) is 0 Å². The minimum atomic E-state index is -3.99. The lowest BCUT2D eigenvalue weighted by atomic mass is 10.1. The summed E-state index contributed by atoms with van der Waals surface area (Å²) in [6.07, 6.45) is 3.93. The van der Waals surface area contributed by atoms with Gasteiger partial charge in [-0.1, -0.05) is 12.1 Å². The second kappa shape index (κ2) is 9.38. The second-order valence-corrected chi connectivity index (χ2v) is 10.1. The van der Waals surface area contributed by atoms with Crippen LogP contribution in [0, 0.1) is 5.82 Å². The molecule has 2 saturated heterocycles. The highest BCUT2D eigenvalue weighted by molar-refractivity contribution is 7.89. The van der Waals surface area contributed by atoms with Gasteiger partial charge in [-0.2, -0.15) is 4.31 Å². The van der Waals surface area contributed by atoms with Gasteiger partial charge in [0.1, 0.15) is 10.7 Å². The second-order valence-electron chi connectivity index (χ2n) is 8.18. The zero-order valence-electron chi connectivity index (χ0n) is 17.7. The van der Waals surface area contributed by atoms with Crippen LogP contribution in [0.4, 0.5) is 10.1 Å². The molecule has 0 aliphatic carbocycles. The van der Waals surface area contributed by atoms with Gasteiger partial charge < -0.3 is 10.2 Å². The monoisotopic (exact) mass is 459 g/mol. The van der Waals surface area contributed by atoms with Gasteiger partial charge in [-0.25, -0.2) is 12.8 Å². The predicted molar refractivity (Wildman–Crippen MR) is 118 cm³/mol. The number of sulfonamides is 1. The number of hydrogen-bond acceptors (Lipinski definition) is 4. The molecule has 2 heterocycles. The average molecular weight is 460 g/mol. The molecule has 2 aromatic carbocycles. The summed E-state index contributed by atoms with van der Waals surface area (Å²) < 4.78 is 41.1. The summed E-state index contributed by atoms with van der Waals surface area (Å²) in [6, 6.07) is 10.5. The first-order valence-corrected chi connectivity index (χ1v) is 12.3. The Bertz CT molecular complexity index is 1130. The Morgan fingerprint density at radius 2 is 1.75 bits per heavy atom. The Labute approximate surface area is 187 Å². The van der Waals surface area contributed by atoms with E-state index in [0.29, 0.717) is 31.7 Å². The van der Waals surface area contributed by atoms with Crippen LogP contribution in [0.25, 0.3) is 0 Å². The van der Waals surface area contributed by atoms with Crippen LogP contribution in [0.1, 0.15) is 48.0 Å². The van der Waals surface area contributed by atoms with Gasteiger partial charge in [0.25, 0.3) is 5.91 Å². The fourth-order valence-corrected chi connectivity index (χ4v) is 5.72. The van der Waals surface area contributed by atoms with Gasteiger partial charge in [0.2, 0.25) is 15.9 Å². The molecule has 2 aromatic rings. The molecule has 9 heteroatoms. The maximum atomic E-state index is 14.3. The topological polar surface area (TPSA) is 86.8 Å². The minimum absolute atomic E-state index is 0.0563. The summed E-state index contributed by atoms with van der Waals surface area (Å²) in [7, 11) is -3.99. The van der Waals surface area contributed by atoms with E-state index in [4.69, 9.17) is 0 Å². The van der Waals surface area contributed by atoms with Crippen molar-refractivity contribution in [2.75, 3.05) is 25.0 Å². The maximum absolute atomic E-state index is 14.3. The lowest BCUT2D eigenvalue weighted by molar-refractivity contribution is -0.133. The van der Waals surface area contributed by atoms with Crippen molar-refractivity contribution in [1.29, 1.82) is 0 Å². The molecule has 32 heavy (non-hydrogen) atoms. The van der Waals surface area contributed by atoms with Crippen molar-refractivity contribution in [2.24, 2.45) is 0 Å². The molecule has 2 fully saturated rings. The van der Waals surface area contributed by atoms with Gasteiger partial charge in [0.05, 0.1) is 0 Å². The number of likely N-dealkylation sites (tertiary alicyclic amines) is 1. The quantitative estimate of drug-likeness (QED) is 0.718. The molecule has 2 aliphatic rings. The zero-order chi connectivity index (χ0) is 22.7. The van der Waals surface area contributed by atoms with Crippen molar-refractivity contribution in [3.05, 3.63) is 59.4 Å². The summed E-state index contributed by atoms with van der Waals surface area (Å²) >= 11 is 0. The van der Waals surface area contributed by atoms with Crippen LogP contribution in [0.3, 0.4) is 0 Å². The van der Waals surface area contributed by atoms with Crippen molar-refractivity contribution in [3.8, 4) is 0 Å². The van der Waals surface area contributed by atoms with E-state index < -0.39 is 26.6 Å². The van der Waals surface area contributed by atoms with Crippen molar-refractivity contribution in [2.45, 2.75) is 43.5 Å². The molecule has 2 amide bonds. The molecule has 1 N–H and O–H groups in total. The number of amides is 2. The summed E-state index contributed by atoms with van der Waals surface area (Å²) in [5.74, 6) is -1.28. The molecular weight excluding hydrogens is 433 g/mol. The van der Waals surface area contributed by atoms with Gasteiger partial charge in [0, 0.05) is 43.9 Å². The number of carbonyl (C=O) groups excluding carboxylic acids is 2. The molecule has 4 rings (SSSR count). The number of hydrogen-bond donors (Lipinski definition) is 1. The molecule has 0 spiro atoms. The molecule has 2 aliphatic heterocycles. The Kier molecular flexibility index (Phi) is 6.57. The van der Waals surface area contributed by atoms with Gasteiger partial charge >= 0.3 is 0 Å². The Hall–Kier alpha value is -2.78. The average Bonchev–Trinajstić information content (AvgIpc) is 3.32. The van der Waals surface area contributed by atoms with E-state index in [1.54, 1.807) is 23.1 Å². The molecule has 0 radical (unpaired) electrons. The summed E-state index contributed by atoms with van der Waals surface area (Å²) in [5.41, 5.74) is 1.46. The molecule has 0 saturated carbocycles. The summed E-state index contributed by atoms with van der Waals surface area (Å²) in [4.78, 5) is 26.2. The zero-order valence-corrected chi connectivity index (χ0v) is 18.5. The third-order valence-corrected chi connectivity index (χ3v) is 7.77. The molecule has 0 unspecified atom stereocenters. The number of piperidine rings is 1. The number of benzene rings is 2. The number of nitrogens with zero attached hydrogens (tertiary/aromatic N) is 2. The van der Waals surface area contributed by atoms with E-state index in [0.717, 1.165) is 49.9 Å². The number of anilines is 1. The molecule has 7 nitrogen and oxygen atoms in total. The van der Waals surface area contributed by atoms with E-state index in [2.05, 4.69) is 5.32 Å². The number of halogens is 1. The predicted octanol–water partition coefficient (Wildman–Crippen LogP) is 3.38. The van der Waals surface area contributed by atoms with Crippen LogP contribution in [-0.2, 0) is 21.4 Å². The molecular formula is C23H26FN3O4S. The van der Waals surface area contributed by atoms with Crippen LogP contribution < -0.4 is 5.32 Å². The van der Waals surface area contributed by atoms with Gasteiger partial charge in [0.15, 0.2) is 0 Å². The number of nitrogens with one attached hydrogen (secondary N) is 1. The first kappa shape index (κ1) is 22.4. The molecule has 0 atom stereocenters. The van der Waals surface area contributed by atoms with Crippen molar-refractivity contribution >= 4 is 27.5 Å². The lowest BCUT2D eigenvalue weighted by Crippen LogP contribution is -2.34. The van der Waals surface area contributed by atoms with E-state index in [1.165, 1.54) is 10.4 Å². The molecule has 170 valence electrons. The normalized spacial score (nSPS) is 17.5. The van der Waals surface area contributed by atoms with E-state index in [1.807, 2.05) is 6.07 Å². The SMILES string of the molecule is O=C(Nc1cccc(CN2CCCCC2=O)c1)c1ccc(F)c(S(=O)(=O)N2CCCC2)c1. The van der Waals surface area contributed by atoms with Crippen molar-refractivity contribution in [1.82, 2.24) is 9.21 Å².